The lowest BCUT2D eigenvalue weighted by Crippen LogP contribution is -2.43. The minimum absolute atomic E-state index is 0.472. The van der Waals surface area contributed by atoms with Crippen LogP contribution in [0.4, 0.5) is 11.4 Å². The molecular weight excluding hydrogens is 336 g/mol. The molecule has 25 heavy (non-hydrogen) atoms. The number of benzene rings is 2. The molecule has 1 atom stereocenters. The molecule has 1 aliphatic carbocycles. The van der Waals surface area contributed by atoms with Gasteiger partial charge in [0.1, 0.15) is 5.75 Å². The van der Waals surface area contributed by atoms with Gasteiger partial charge in [-0.15, -0.1) is 0 Å². The van der Waals surface area contributed by atoms with E-state index in [4.69, 9.17) is 4.74 Å². The number of nitrogens with one attached hydrogen (secondary N) is 1. The first kappa shape index (κ1) is 16.4. The molecule has 0 aromatic heterocycles. The standard InChI is InChI=1S/C19H22N2O3S/c22-25(23)19(11-6-14-20-15-12-13-15)24-18-10-5-4-9-17(18)21(25)16-7-2-1-3-8-16/h1-5,7-10,15,19-20H,6,11-14H2. The minimum atomic E-state index is -3.63. The van der Waals surface area contributed by atoms with Crippen LogP contribution in [0.3, 0.4) is 0 Å². The molecule has 0 bridgehead atoms. The summed E-state index contributed by atoms with van der Waals surface area (Å²) in [6, 6.07) is 17.1. The van der Waals surface area contributed by atoms with Gasteiger partial charge in [0.05, 0.1) is 11.4 Å². The van der Waals surface area contributed by atoms with Crippen LogP contribution in [0.1, 0.15) is 25.7 Å². The van der Waals surface area contributed by atoms with E-state index in [0.717, 1.165) is 13.0 Å². The number of rotatable bonds is 6. The van der Waals surface area contributed by atoms with Gasteiger partial charge in [0, 0.05) is 12.5 Å². The third-order valence-corrected chi connectivity index (χ3v) is 6.46. The van der Waals surface area contributed by atoms with Crippen LogP contribution < -0.4 is 14.4 Å². The van der Waals surface area contributed by atoms with Crippen LogP contribution in [0.5, 0.6) is 5.75 Å². The van der Waals surface area contributed by atoms with Gasteiger partial charge in [-0.3, -0.25) is 0 Å². The van der Waals surface area contributed by atoms with Crippen LogP contribution in [-0.2, 0) is 10.0 Å². The highest BCUT2D eigenvalue weighted by Gasteiger charge is 2.40. The molecule has 4 rings (SSSR count). The number of anilines is 2. The Morgan fingerprint density at radius 2 is 1.76 bits per heavy atom. The summed E-state index contributed by atoms with van der Waals surface area (Å²) in [5, 5.41) is 3.42. The fourth-order valence-corrected chi connectivity index (χ4v) is 4.87. The number of fused-ring (bicyclic) bond motifs is 1. The molecule has 1 fully saturated rings. The number of sulfonamides is 1. The molecule has 132 valence electrons. The van der Waals surface area contributed by atoms with Gasteiger partial charge >= 0.3 is 0 Å². The number of hydrogen-bond acceptors (Lipinski definition) is 4. The fourth-order valence-electron chi connectivity index (χ4n) is 3.10. The van der Waals surface area contributed by atoms with Crippen molar-refractivity contribution < 1.29 is 13.2 Å². The van der Waals surface area contributed by atoms with Gasteiger partial charge in [-0.05, 0) is 50.1 Å². The first-order valence-electron chi connectivity index (χ1n) is 8.74. The lowest BCUT2D eigenvalue weighted by atomic mass is 10.2. The number of hydrogen-bond donors (Lipinski definition) is 1. The van der Waals surface area contributed by atoms with E-state index < -0.39 is 15.5 Å². The van der Waals surface area contributed by atoms with E-state index in [1.54, 1.807) is 6.07 Å². The van der Waals surface area contributed by atoms with Crippen molar-refractivity contribution in [2.45, 2.75) is 37.2 Å². The topological polar surface area (TPSA) is 58.6 Å². The van der Waals surface area contributed by atoms with Crippen molar-refractivity contribution in [1.82, 2.24) is 5.32 Å². The van der Waals surface area contributed by atoms with E-state index >= 15 is 0 Å². The van der Waals surface area contributed by atoms with Gasteiger partial charge < -0.3 is 10.1 Å². The summed E-state index contributed by atoms with van der Waals surface area (Å²) in [5.41, 5.74) is 0.351. The maximum Gasteiger partial charge on any atom is 0.277 e. The lowest BCUT2D eigenvalue weighted by molar-refractivity contribution is 0.254. The molecule has 1 unspecified atom stereocenters. The second-order valence-electron chi connectivity index (χ2n) is 6.53. The maximum absolute atomic E-state index is 13.2. The Kier molecular flexibility index (Phi) is 4.39. The van der Waals surface area contributed by atoms with E-state index in [1.165, 1.54) is 17.1 Å². The van der Waals surface area contributed by atoms with Crippen molar-refractivity contribution in [3.05, 3.63) is 54.6 Å². The first-order valence-corrected chi connectivity index (χ1v) is 10.2. The van der Waals surface area contributed by atoms with Crippen LogP contribution in [-0.4, -0.2) is 26.4 Å². The zero-order chi connectivity index (χ0) is 17.3. The van der Waals surface area contributed by atoms with Crippen LogP contribution >= 0.6 is 0 Å². The smallest absolute Gasteiger partial charge is 0.277 e. The van der Waals surface area contributed by atoms with E-state index in [-0.39, 0.29) is 0 Å². The zero-order valence-corrected chi connectivity index (χ0v) is 14.8. The van der Waals surface area contributed by atoms with Crippen molar-refractivity contribution >= 4 is 21.4 Å². The molecule has 2 aromatic carbocycles. The van der Waals surface area contributed by atoms with Gasteiger partial charge in [0.2, 0.25) is 5.44 Å². The van der Waals surface area contributed by atoms with Gasteiger partial charge in [-0.1, -0.05) is 30.3 Å². The summed E-state index contributed by atoms with van der Waals surface area (Å²) in [4.78, 5) is 0. The van der Waals surface area contributed by atoms with Gasteiger partial charge in [0.25, 0.3) is 10.0 Å². The summed E-state index contributed by atoms with van der Waals surface area (Å²) in [6.07, 6.45) is 3.70. The summed E-state index contributed by atoms with van der Waals surface area (Å²) in [6.45, 7) is 0.826. The molecule has 1 N–H and O–H groups in total. The van der Waals surface area contributed by atoms with Crippen LogP contribution in [0.25, 0.3) is 0 Å². The van der Waals surface area contributed by atoms with Crippen LogP contribution in [0.2, 0.25) is 0 Å². The van der Waals surface area contributed by atoms with E-state index in [9.17, 15) is 8.42 Å². The SMILES string of the molecule is O=S1(=O)C(CCCNC2CC2)Oc2ccccc2N1c1ccccc1. The monoisotopic (exact) mass is 358 g/mol. The summed E-state index contributed by atoms with van der Waals surface area (Å²) in [7, 11) is -3.63. The molecule has 1 aliphatic heterocycles. The third-order valence-electron chi connectivity index (χ3n) is 4.55. The molecule has 0 amide bonds. The van der Waals surface area contributed by atoms with E-state index in [2.05, 4.69) is 5.32 Å². The average molecular weight is 358 g/mol. The van der Waals surface area contributed by atoms with Crippen molar-refractivity contribution in [3.8, 4) is 5.75 Å². The summed E-state index contributed by atoms with van der Waals surface area (Å²) >= 11 is 0. The summed E-state index contributed by atoms with van der Waals surface area (Å²) < 4.78 is 33.7. The molecule has 0 spiro atoms. The molecule has 2 aliphatic rings. The van der Waals surface area contributed by atoms with Crippen molar-refractivity contribution in [2.75, 3.05) is 10.8 Å². The van der Waals surface area contributed by atoms with Gasteiger partial charge in [0.15, 0.2) is 0 Å². The normalized spacial score (nSPS) is 21.4. The van der Waals surface area contributed by atoms with Gasteiger partial charge in [-0.2, -0.15) is 0 Å². The molecule has 6 heteroatoms. The van der Waals surface area contributed by atoms with Crippen molar-refractivity contribution in [3.63, 3.8) is 0 Å². The fraction of sp³-hybridized carbons (Fsp3) is 0.368. The van der Waals surface area contributed by atoms with Crippen molar-refractivity contribution in [2.24, 2.45) is 0 Å². The zero-order valence-electron chi connectivity index (χ0n) is 14.0. The largest absolute Gasteiger partial charge is 0.470 e. The summed E-state index contributed by atoms with van der Waals surface area (Å²) in [5.74, 6) is 0.612. The molecule has 1 saturated carbocycles. The molecule has 1 heterocycles. The lowest BCUT2D eigenvalue weighted by Gasteiger charge is -2.35. The maximum atomic E-state index is 13.2. The molecule has 5 nitrogen and oxygen atoms in total. The highest BCUT2D eigenvalue weighted by Crippen LogP contribution is 2.42. The first-order chi connectivity index (χ1) is 12.2. The highest BCUT2D eigenvalue weighted by molar-refractivity contribution is 7.93. The Morgan fingerprint density at radius 1 is 1.04 bits per heavy atom. The van der Waals surface area contributed by atoms with E-state index in [1.807, 2.05) is 48.5 Å². The third kappa shape index (κ3) is 3.37. The predicted octanol–water partition coefficient (Wildman–Crippen LogP) is 3.41. The highest BCUT2D eigenvalue weighted by atomic mass is 32.2. The average Bonchev–Trinajstić information content (AvgIpc) is 3.43. The Hall–Kier alpha value is -2.05. The second-order valence-corrected chi connectivity index (χ2v) is 8.45. The molecular formula is C19H22N2O3S. The quantitative estimate of drug-likeness (QED) is 0.804. The Balaban J connectivity index is 1.61. The Bertz CT molecular complexity index is 835. The number of nitrogens with zero attached hydrogens (tertiary/aromatic N) is 1. The molecule has 2 aromatic rings. The van der Waals surface area contributed by atoms with Crippen LogP contribution in [0.15, 0.2) is 54.6 Å². The van der Waals surface area contributed by atoms with Crippen molar-refractivity contribution in [1.29, 1.82) is 0 Å². The Morgan fingerprint density at radius 3 is 2.52 bits per heavy atom. The molecule has 0 saturated heterocycles. The Labute approximate surface area is 148 Å². The number of para-hydroxylation sites is 3. The van der Waals surface area contributed by atoms with Gasteiger partial charge in [-0.25, -0.2) is 12.7 Å². The predicted molar refractivity (Wildman–Crippen MR) is 98.6 cm³/mol. The second kappa shape index (κ2) is 6.69. The number of ether oxygens (including phenoxy) is 1. The van der Waals surface area contributed by atoms with E-state index in [0.29, 0.717) is 29.6 Å². The van der Waals surface area contributed by atoms with Crippen LogP contribution in [0, 0.1) is 0 Å². The minimum Gasteiger partial charge on any atom is -0.470 e. The molecule has 0 radical (unpaired) electrons.